The molecule has 0 amide bonds. The Balaban J connectivity index is 0.000000635. The number of hydrogen-bond acceptors (Lipinski definition) is 7. The topological polar surface area (TPSA) is 104 Å². The predicted octanol–water partition coefficient (Wildman–Crippen LogP) is 4.46. The zero-order valence-electron chi connectivity index (χ0n) is 20.6. The average Bonchev–Trinajstić information content (AvgIpc) is 2.77. The first kappa shape index (κ1) is 31.2. The average molecular weight is 531 g/mol. The van der Waals surface area contributed by atoms with Gasteiger partial charge in [-0.1, -0.05) is 48.4 Å². The van der Waals surface area contributed by atoms with Gasteiger partial charge < -0.3 is 38.6 Å². The minimum atomic E-state index is 0. The monoisotopic (exact) mass is 530 g/mol. The summed E-state index contributed by atoms with van der Waals surface area (Å²) in [5.74, 6) is 0.294. The van der Waals surface area contributed by atoms with Gasteiger partial charge in [-0.25, -0.2) is 0 Å². The third-order valence-corrected chi connectivity index (χ3v) is 4.55. The van der Waals surface area contributed by atoms with Crippen LogP contribution in [0.3, 0.4) is 0 Å². The van der Waals surface area contributed by atoms with Crippen molar-refractivity contribution in [2.75, 3.05) is 46.2 Å². The largest absolute Gasteiger partial charge is 2.00 e. The Morgan fingerprint density at radius 2 is 1.65 bits per heavy atom. The van der Waals surface area contributed by atoms with Crippen LogP contribution in [-0.2, 0) is 29.7 Å². The van der Waals surface area contributed by atoms with Gasteiger partial charge in [0, 0.05) is 26.3 Å². The van der Waals surface area contributed by atoms with E-state index in [2.05, 4.69) is 49.7 Å². The number of pyridine rings is 1. The van der Waals surface area contributed by atoms with Crippen molar-refractivity contribution >= 4 is 52.9 Å². The Bertz CT molecular complexity index is 952. The summed E-state index contributed by atoms with van der Waals surface area (Å²) in [6.45, 7) is 4.93. The van der Waals surface area contributed by atoms with Crippen LogP contribution in [-0.4, -0.2) is 67.8 Å². The van der Waals surface area contributed by atoms with Crippen LogP contribution in [0.15, 0.2) is 52.7 Å². The van der Waals surface area contributed by atoms with Crippen LogP contribution >= 0.6 is 0 Å². The predicted molar refractivity (Wildman–Crippen MR) is 146 cm³/mol. The van der Waals surface area contributed by atoms with Gasteiger partial charge in [-0.2, -0.15) is 5.10 Å². The maximum atomic E-state index is 7.31. The summed E-state index contributed by atoms with van der Waals surface area (Å²) in [5, 5.41) is 11.6. The van der Waals surface area contributed by atoms with E-state index in [9.17, 15) is 0 Å². The Morgan fingerprint density at radius 1 is 1.06 bits per heavy atom. The fourth-order valence-electron chi connectivity index (χ4n) is 2.18. The molecule has 0 aliphatic rings. The van der Waals surface area contributed by atoms with E-state index in [-0.39, 0.29) is 17.1 Å². The molecule has 0 aliphatic carbocycles. The molecule has 187 valence electrons. The first-order valence-corrected chi connectivity index (χ1v) is 10.8. The maximum absolute atomic E-state index is 7.31. The zero-order valence-corrected chi connectivity index (χ0v) is 22.3. The van der Waals surface area contributed by atoms with Gasteiger partial charge in [0.15, 0.2) is 0 Å². The van der Waals surface area contributed by atoms with E-state index in [1.54, 1.807) is 26.1 Å². The first-order valence-electron chi connectivity index (χ1n) is 10.4. The second-order valence-corrected chi connectivity index (χ2v) is 8.11. The van der Waals surface area contributed by atoms with Crippen molar-refractivity contribution in [1.29, 1.82) is 5.41 Å². The molecular formula is C24H34CuN8S. The van der Waals surface area contributed by atoms with Gasteiger partial charge in [0.25, 0.3) is 0 Å². The number of aromatic nitrogens is 1. The smallest absolute Gasteiger partial charge is 0.741 e. The summed E-state index contributed by atoms with van der Waals surface area (Å²) in [6, 6.07) is 11.9. The van der Waals surface area contributed by atoms with Crippen LogP contribution in [0.1, 0.15) is 25.0 Å². The van der Waals surface area contributed by atoms with Crippen molar-refractivity contribution in [3.63, 3.8) is 0 Å². The van der Waals surface area contributed by atoms with Crippen LogP contribution in [0, 0.1) is 5.41 Å². The normalized spacial score (nSPS) is 11.5. The molecule has 0 atom stereocenters. The number of likely N-dealkylation sites (N-methyl/N-ethyl adjacent to an activating group) is 1. The van der Waals surface area contributed by atoms with Crippen molar-refractivity contribution < 1.29 is 17.1 Å². The van der Waals surface area contributed by atoms with Gasteiger partial charge in [-0.05, 0) is 56.4 Å². The van der Waals surface area contributed by atoms with Crippen LogP contribution in [0.25, 0.3) is 17.9 Å². The Hall–Kier alpha value is -2.78. The molecule has 1 radical (unpaired) electrons. The SMILES string of the molecule is CC(=N)/C(C)=N/NC([S-])=NCCN(C)C.CN(C)c1ccc(/C=C/c2ccc([NH-])nc2)cc1.[64Cu+2]. The van der Waals surface area contributed by atoms with Crippen LogP contribution in [0.4, 0.5) is 11.5 Å². The van der Waals surface area contributed by atoms with E-state index in [0.29, 0.717) is 29.0 Å². The number of hydrazone groups is 1. The molecule has 34 heavy (non-hydrogen) atoms. The van der Waals surface area contributed by atoms with E-state index in [0.717, 1.165) is 17.7 Å². The fourth-order valence-corrected chi connectivity index (χ4v) is 2.32. The van der Waals surface area contributed by atoms with Crippen LogP contribution < -0.4 is 10.3 Å². The minimum absolute atomic E-state index is 0. The van der Waals surface area contributed by atoms with Gasteiger partial charge in [0.05, 0.1) is 18.0 Å². The van der Waals surface area contributed by atoms with Gasteiger partial charge in [0.2, 0.25) is 0 Å². The molecule has 1 aromatic carbocycles. The number of nitrogens with one attached hydrogen (secondary N) is 3. The second kappa shape index (κ2) is 16.8. The number of rotatable bonds is 8. The molecular weight excluding hydrogens is 496 g/mol. The first-order chi connectivity index (χ1) is 15.6. The summed E-state index contributed by atoms with van der Waals surface area (Å²) in [6.07, 6.45) is 5.74. The summed E-state index contributed by atoms with van der Waals surface area (Å²) in [4.78, 5) is 12.1. The summed E-state index contributed by atoms with van der Waals surface area (Å²) in [5.41, 5.74) is 14.3. The van der Waals surface area contributed by atoms with Gasteiger partial charge in [-0.15, -0.1) is 0 Å². The standard InChI is InChI=1S/C15H16N3.C9H19N5S.Cu/c1-18(2)14-8-5-12(6-9-14)3-4-13-7-10-15(16)17-11-13;1-7(10)8(2)12-13-9(15)11-5-6-14(3)4;/h3-11H,1-2H3,(H-,16,17);10H,5-6H2,1-4H3,(H2,11,13,15);/q-1;;+2/p-1/b4-3+;10-7?,12-8+;/i;;1+0. The van der Waals surface area contributed by atoms with E-state index < -0.39 is 0 Å². The number of hydrogen-bond donors (Lipinski definition) is 2. The quantitative estimate of drug-likeness (QED) is 0.173. The van der Waals surface area contributed by atoms with E-state index in [1.807, 2.05) is 51.3 Å². The molecule has 1 aromatic heterocycles. The van der Waals surface area contributed by atoms with E-state index in [1.165, 1.54) is 5.69 Å². The molecule has 2 aromatic rings. The van der Waals surface area contributed by atoms with Crippen molar-refractivity contribution in [1.82, 2.24) is 15.3 Å². The maximum Gasteiger partial charge on any atom is 2.00 e. The third-order valence-electron chi connectivity index (χ3n) is 4.33. The van der Waals surface area contributed by atoms with Crippen molar-refractivity contribution in [3.8, 4) is 0 Å². The van der Waals surface area contributed by atoms with E-state index >= 15 is 0 Å². The van der Waals surface area contributed by atoms with E-state index in [4.69, 9.17) is 23.8 Å². The van der Waals surface area contributed by atoms with Gasteiger partial charge in [-0.3, -0.25) is 10.4 Å². The van der Waals surface area contributed by atoms with Crippen molar-refractivity contribution in [3.05, 3.63) is 59.5 Å². The molecule has 0 spiro atoms. The number of aliphatic imine (C=N–C) groups is 1. The Kier molecular flexibility index (Phi) is 15.4. The number of anilines is 1. The summed E-state index contributed by atoms with van der Waals surface area (Å²) < 4.78 is 0. The molecule has 10 heteroatoms. The molecule has 0 fully saturated rings. The molecule has 0 saturated heterocycles. The van der Waals surface area contributed by atoms with Crippen LogP contribution in [0.5, 0.6) is 0 Å². The van der Waals surface area contributed by atoms with Gasteiger partial charge >= 0.3 is 17.1 Å². The Morgan fingerprint density at radius 3 is 2.15 bits per heavy atom. The molecule has 0 saturated carbocycles. The van der Waals surface area contributed by atoms with Gasteiger partial charge in [0.1, 0.15) is 0 Å². The molecule has 0 bridgehead atoms. The summed E-state index contributed by atoms with van der Waals surface area (Å²) >= 11 is 4.94. The molecule has 2 rings (SSSR count). The molecule has 1 heterocycles. The van der Waals surface area contributed by atoms with Crippen molar-refractivity contribution in [2.45, 2.75) is 13.8 Å². The molecule has 0 unspecified atom stereocenters. The summed E-state index contributed by atoms with van der Waals surface area (Å²) in [7, 11) is 8.01. The molecule has 3 N–H and O–H groups in total. The minimum Gasteiger partial charge on any atom is -0.741 e. The molecule has 0 aliphatic heterocycles. The third kappa shape index (κ3) is 13.7. The zero-order chi connectivity index (χ0) is 24.8. The van der Waals surface area contributed by atoms with Crippen molar-refractivity contribution in [2.24, 2.45) is 10.1 Å². The fraction of sp³-hybridized carbons (Fsp3) is 0.333. The number of benzene rings is 1. The van der Waals surface area contributed by atoms with Crippen LogP contribution in [0.2, 0.25) is 0 Å². The molecule has 8 nitrogen and oxygen atoms in total. The number of nitrogens with zero attached hydrogens (tertiary/aromatic N) is 5. The Labute approximate surface area is 219 Å². The second-order valence-electron chi connectivity index (χ2n) is 7.72. The number of amidine groups is 1.